The van der Waals surface area contributed by atoms with Gasteiger partial charge in [0.25, 0.3) is 5.91 Å². The Balaban J connectivity index is 1.81. The molecule has 0 heterocycles. The number of carbonyl (C=O) groups excluding carboxylic acids is 2. The Hall–Kier alpha value is -2.30. The number of hydrogen-bond donors (Lipinski definition) is 1. The molecule has 4 nitrogen and oxygen atoms in total. The van der Waals surface area contributed by atoms with Gasteiger partial charge in [-0.3, -0.25) is 4.79 Å². The predicted molar refractivity (Wildman–Crippen MR) is 96.3 cm³/mol. The number of aryl methyl sites for hydroxylation is 1. The second-order valence-electron chi connectivity index (χ2n) is 5.03. The Kier molecular flexibility index (Phi) is 6.41. The average molecular weight is 364 g/mol. The Bertz CT molecular complexity index is 770. The first-order chi connectivity index (χ1) is 11.4. The third kappa shape index (κ3) is 5.72. The van der Waals surface area contributed by atoms with Crippen molar-refractivity contribution in [2.24, 2.45) is 0 Å². The molecule has 1 N–H and O–H groups in total. The van der Waals surface area contributed by atoms with Crippen molar-refractivity contribution in [3.05, 3.63) is 69.7 Å². The minimum Gasteiger partial charge on any atom is -0.452 e. The molecule has 0 atom stereocenters. The second kappa shape index (κ2) is 8.52. The fourth-order valence-corrected chi connectivity index (χ4v) is 2.10. The molecule has 0 aliphatic heterocycles. The van der Waals surface area contributed by atoms with E-state index in [0.717, 1.165) is 11.1 Å². The summed E-state index contributed by atoms with van der Waals surface area (Å²) in [6, 6.07) is 12.3. The summed E-state index contributed by atoms with van der Waals surface area (Å²) in [6.45, 7) is 1.59. The summed E-state index contributed by atoms with van der Waals surface area (Å²) in [5.41, 5.74) is 2.48. The van der Waals surface area contributed by atoms with Crippen LogP contribution in [0, 0.1) is 6.92 Å². The second-order valence-corrected chi connectivity index (χ2v) is 5.84. The van der Waals surface area contributed by atoms with Crippen LogP contribution in [0.4, 0.5) is 5.69 Å². The number of amides is 1. The predicted octanol–water partition coefficient (Wildman–Crippen LogP) is 4.50. The number of benzene rings is 2. The zero-order chi connectivity index (χ0) is 17.5. The lowest BCUT2D eigenvalue weighted by atomic mass is 10.1. The third-order valence-electron chi connectivity index (χ3n) is 3.04. The van der Waals surface area contributed by atoms with Crippen LogP contribution in [0.3, 0.4) is 0 Å². The minimum absolute atomic E-state index is 0.326. The zero-order valence-electron chi connectivity index (χ0n) is 12.9. The molecule has 24 heavy (non-hydrogen) atoms. The van der Waals surface area contributed by atoms with Crippen molar-refractivity contribution >= 4 is 46.8 Å². The highest BCUT2D eigenvalue weighted by Crippen LogP contribution is 2.24. The van der Waals surface area contributed by atoms with E-state index in [9.17, 15) is 9.59 Å². The zero-order valence-corrected chi connectivity index (χ0v) is 14.4. The van der Waals surface area contributed by atoms with Crippen molar-refractivity contribution in [1.82, 2.24) is 0 Å². The number of rotatable bonds is 5. The normalized spacial score (nSPS) is 10.6. The highest BCUT2D eigenvalue weighted by molar-refractivity contribution is 6.42. The average Bonchev–Trinajstić information content (AvgIpc) is 2.56. The largest absolute Gasteiger partial charge is 0.452 e. The summed E-state index contributed by atoms with van der Waals surface area (Å²) in [5.74, 6) is -1.06. The highest BCUT2D eigenvalue weighted by Gasteiger charge is 2.07. The van der Waals surface area contributed by atoms with E-state index in [4.69, 9.17) is 27.9 Å². The smallest absolute Gasteiger partial charge is 0.331 e. The van der Waals surface area contributed by atoms with E-state index in [1.165, 1.54) is 12.1 Å². The van der Waals surface area contributed by atoms with Crippen molar-refractivity contribution in [1.29, 1.82) is 0 Å². The molecule has 0 spiro atoms. The summed E-state index contributed by atoms with van der Waals surface area (Å²) < 4.78 is 4.88. The van der Waals surface area contributed by atoms with Gasteiger partial charge in [-0.05, 0) is 36.8 Å². The van der Waals surface area contributed by atoms with E-state index in [2.05, 4.69) is 5.32 Å². The summed E-state index contributed by atoms with van der Waals surface area (Å²) in [6.07, 6.45) is 2.90. The maximum Gasteiger partial charge on any atom is 0.331 e. The van der Waals surface area contributed by atoms with Gasteiger partial charge in [0, 0.05) is 11.8 Å². The first-order valence-corrected chi connectivity index (χ1v) is 7.86. The van der Waals surface area contributed by atoms with Crippen LogP contribution < -0.4 is 5.32 Å². The Morgan fingerprint density at radius 3 is 2.46 bits per heavy atom. The monoisotopic (exact) mass is 363 g/mol. The van der Waals surface area contributed by atoms with Crippen molar-refractivity contribution in [2.75, 3.05) is 11.9 Å². The molecule has 0 aliphatic rings. The van der Waals surface area contributed by atoms with Crippen LogP contribution in [0.2, 0.25) is 10.0 Å². The summed E-state index contributed by atoms with van der Waals surface area (Å²) >= 11 is 11.6. The van der Waals surface area contributed by atoms with Gasteiger partial charge < -0.3 is 10.1 Å². The summed E-state index contributed by atoms with van der Waals surface area (Å²) in [5, 5.41) is 3.28. The van der Waals surface area contributed by atoms with Gasteiger partial charge in [0.15, 0.2) is 6.61 Å². The molecule has 0 bridgehead atoms. The van der Waals surface area contributed by atoms with E-state index in [1.54, 1.807) is 18.2 Å². The van der Waals surface area contributed by atoms with Crippen LogP contribution in [-0.2, 0) is 14.3 Å². The molecule has 0 saturated carbocycles. The molecular weight excluding hydrogens is 349 g/mol. The minimum atomic E-state index is -0.597. The molecule has 2 aromatic rings. The maximum atomic E-state index is 11.7. The number of halogens is 2. The van der Waals surface area contributed by atoms with Gasteiger partial charge in [-0.2, -0.15) is 0 Å². The van der Waals surface area contributed by atoms with Gasteiger partial charge in [0.2, 0.25) is 0 Å². The molecule has 0 radical (unpaired) electrons. The third-order valence-corrected chi connectivity index (χ3v) is 3.78. The van der Waals surface area contributed by atoms with Crippen LogP contribution in [0.5, 0.6) is 0 Å². The van der Waals surface area contributed by atoms with E-state index < -0.39 is 18.5 Å². The van der Waals surface area contributed by atoms with Gasteiger partial charge in [0.1, 0.15) is 0 Å². The Morgan fingerprint density at radius 2 is 1.79 bits per heavy atom. The lowest BCUT2D eigenvalue weighted by Crippen LogP contribution is -2.20. The fourth-order valence-electron chi connectivity index (χ4n) is 1.80. The molecule has 0 unspecified atom stereocenters. The summed E-state index contributed by atoms with van der Waals surface area (Å²) in [4.78, 5) is 23.3. The molecule has 2 rings (SSSR count). The lowest BCUT2D eigenvalue weighted by Gasteiger charge is -2.06. The van der Waals surface area contributed by atoms with Crippen molar-refractivity contribution < 1.29 is 14.3 Å². The lowest BCUT2D eigenvalue weighted by molar-refractivity contribution is -0.142. The van der Waals surface area contributed by atoms with Crippen LogP contribution in [-0.4, -0.2) is 18.5 Å². The first-order valence-electron chi connectivity index (χ1n) is 7.10. The molecule has 0 saturated heterocycles. The van der Waals surface area contributed by atoms with Gasteiger partial charge >= 0.3 is 5.97 Å². The van der Waals surface area contributed by atoms with Crippen molar-refractivity contribution in [3.8, 4) is 0 Å². The number of esters is 1. The Labute approximate surface area is 150 Å². The molecule has 2 aromatic carbocycles. The van der Waals surface area contributed by atoms with Crippen LogP contribution in [0.25, 0.3) is 6.08 Å². The molecular formula is C18H15Cl2NO3. The van der Waals surface area contributed by atoms with Crippen LogP contribution >= 0.6 is 23.2 Å². The topological polar surface area (TPSA) is 55.4 Å². The van der Waals surface area contributed by atoms with E-state index >= 15 is 0 Å². The van der Waals surface area contributed by atoms with Gasteiger partial charge in [-0.25, -0.2) is 4.79 Å². The van der Waals surface area contributed by atoms with Gasteiger partial charge in [0.05, 0.1) is 10.0 Å². The molecule has 0 fully saturated rings. The molecule has 124 valence electrons. The first kappa shape index (κ1) is 18.0. The Morgan fingerprint density at radius 1 is 1.08 bits per heavy atom. The van der Waals surface area contributed by atoms with Crippen LogP contribution in [0.15, 0.2) is 48.5 Å². The molecule has 0 aromatic heterocycles. The van der Waals surface area contributed by atoms with E-state index in [1.807, 2.05) is 31.2 Å². The van der Waals surface area contributed by atoms with E-state index in [0.29, 0.717) is 15.7 Å². The van der Waals surface area contributed by atoms with Crippen LogP contribution in [0.1, 0.15) is 11.1 Å². The number of hydrogen-bond acceptors (Lipinski definition) is 3. The quantitative estimate of drug-likeness (QED) is 0.628. The highest BCUT2D eigenvalue weighted by atomic mass is 35.5. The number of anilines is 1. The summed E-state index contributed by atoms with van der Waals surface area (Å²) in [7, 11) is 0. The van der Waals surface area contributed by atoms with Gasteiger partial charge in [-0.15, -0.1) is 0 Å². The maximum absolute atomic E-state index is 11.7. The van der Waals surface area contributed by atoms with E-state index in [-0.39, 0.29) is 0 Å². The molecule has 1 amide bonds. The number of ether oxygens (including phenoxy) is 1. The van der Waals surface area contributed by atoms with Gasteiger partial charge in [-0.1, -0.05) is 53.0 Å². The van der Waals surface area contributed by atoms with Crippen molar-refractivity contribution in [2.45, 2.75) is 6.92 Å². The van der Waals surface area contributed by atoms with Crippen molar-refractivity contribution in [3.63, 3.8) is 0 Å². The number of carbonyl (C=O) groups is 2. The molecule has 0 aliphatic carbocycles. The number of nitrogens with one attached hydrogen (secondary N) is 1. The SMILES string of the molecule is Cc1ccc(C=CC(=O)OCC(=O)Nc2ccc(Cl)c(Cl)c2)cc1. The molecule has 6 heteroatoms. The standard InChI is InChI=1S/C18H15Cl2NO3/c1-12-2-4-13(5-3-12)6-9-18(23)24-11-17(22)21-14-7-8-15(19)16(20)10-14/h2-10H,11H2,1H3,(H,21,22). The fraction of sp³-hybridized carbons (Fsp3) is 0.111.